The molecular weight excluding hydrogens is 306 g/mol. The lowest BCUT2D eigenvalue weighted by atomic mass is 9.77. The second-order valence-corrected chi connectivity index (χ2v) is 6.17. The highest BCUT2D eigenvalue weighted by atomic mass is 16.5. The van der Waals surface area contributed by atoms with Gasteiger partial charge in [-0.1, -0.05) is 6.07 Å². The van der Waals surface area contributed by atoms with Crippen molar-refractivity contribution in [2.24, 2.45) is 0 Å². The molecule has 2 aromatic carbocycles. The van der Waals surface area contributed by atoms with Crippen molar-refractivity contribution in [1.82, 2.24) is 5.32 Å². The minimum atomic E-state index is 0.164. The summed E-state index contributed by atoms with van der Waals surface area (Å²) in [5.41, 5.74) is 5.22. The molecule has 1 unspecified atom stereocenters. The predicted molar refractivity (Wildman–Crippen MR) is 91.4 cm³/mol. The molecule has 126 valence electrons. The van der Waals surface area contributed by atoms with Crippen molar-refractivity contribution in [3.63, 3.8) is 0 Å². The van der Waals surface area contributed by atoms with E-state index < -0.39 is 0 Å². The molecule has 1 atom stereocenters. The van der Waals surface area contributed by atoms with Crippen molar-refractivity contribution in [2.45, 2.75) is 18.9 Å². The summed E-state index contributed by atoms with van der Waals surface area (Å²) in [6.07, 6.45) is 1.78. The van der Waals surface area contributed by atoms with Gasteiger partial charge in [0.1, 0.15) is 0 Å². The number of aromatic hydroxyl groups is 1. The van der Waals surface area contributed by atoms with E-state index in [1.54, 1.807) is 21.3 Å². The Morgan fingerprint density at radius 3 is 2.50 bits per heavy atom. The number of phenols is 1. The lowest BCUT2D eigenvalue weighted by Crippen LogP contribution is -2.33. The summed E-state index contributed by atoms with van der Waals surface area (Å²) in [6.45, 7) is 0.924. The van der Waals surface area contributed by atoms with E-state index >= 15 is 0 Å². The summed E-state index contributed by atoms with van der Waals surface area (Å²) in [4.78, 5) is 0. The Balaban J connectivity index is 2.10. The average molecular weight is 327 g/mol. The molecule has 2 N–H and O–H groups in total. The Kier molecular flexibility index (Phi) is 3.53. The van der Waals surface area contributed by atoms with Crippen LogP contribution in [-0.2, 0) is 12.8 Å². The van der Waals surface area contributed by atoms with E-state index in [2.05, 4.69) is 11.4 Å². The lowest BCUT2D eigenvalue weighted by Gasteiger charge is -2.35. The van der Waals surface area contributed by atoms with Crippen LogP contribution in [0.4, 0.5) is 0 Å². The van der Waals surface area contributed by atoms with Gasteiger partial charge in [0.25, 0.3) is 0 Å². The van der Waals surface area contributed by atoms with Crippen LogP contribution in [-0.4, -0.2) is 33.0 Å². The molecule has 0 bridgehead atoms. The van der Waals surface area contributed by atoms with Gasteiger partial charge in [-0.25, -0.2) is 0 Å². The van der Waals surface area contributed by atoms with Gasteiger partial charge < -0.3 is 24.6 Å². The molecule has 0 aromatic heterocycles. The van der Waals surface area contributed by atoms with E-state index in [9.17, 15) is 5.11 Å². The molecule has 1 aliphatic heterocycles. The fourth-order valence-electron chi connectivity index (χ4n) is 4.02. The zero-order valence-electron chi connectivity index (χ0n) is 14.1. The van der Waals surface area contributed by atoms with Crippen LogP contribution in [0, 0.1) is 0 Å². The first-order valence-electron chi connectivity index (χ1n) is 8.10. The van der Waals surface area contributed by atoms with Crippen molar-refractivity contribution < 1.29 is 19.3 Å². The SMILES string of the molecule is COc1cc2c3c(c1O)-c1c(ccc(OC)c1OC)CC3NCC2. The zero-order chi connectivity index (χ0) is 16.8. The molecule has 0 spiro atoms. The van der Waals surface area contributed by atoms with E-state index in [0.717, 1.165) is 41.6 Å². The second kappa shape index (κ2) is 5.60. The minimum Gasteiger partial charge on any atom is -0.504 e. The fraction of sp³-hybridized carbons (Fsp3) is 0.368. The molecular formula is C19H21NO4. The predicted octanol–water partition coefficient (Wildman–Crippen LogP) is 2.83. The van der Waals surface area contributed by atoms with Gasteiger partial charge in [-0.2, -0.15) is 0 Å². The van der Waals surface area contributed by atoms with E-state index in [4.69, 9.17) is 14.2 Å². The Morgan fingerprint density at radius 1 is 1.00 bits per heavy atom. The van der Waals surface area contributed by atoms with Crippen LogP contribution in [0.5, 0.6) is 23.0 Å². The van der Waals surface area contributed by atoms with Gasteiger partial charge in [-0.3, -0.25) is 0 Å². The van der Waals surface area contributed by atoms with Crippen LogP contribution >= 0.6 is 0 Å². The maximum atomic E-state index is 10.9. The van der Waals surface area contributed by atoms with Crippen molar-refractivity contribution in [1.29, 1.82) is 0 Å². The maximum absolute atomic E-state index is 10.9. The lowest BCUT2D eigenvalue weighted by molar-refractivity contribution is 0.353. The van der Waals surface area contributed by atoms with Gasteiger partial charge in [0.2, 0.25) is 0 Å². The molecule has 5 nitrogen and oxygen atoms in total. The van der Waals surface area contributed by atoms with E-state index in [0.29, 0.717) is 17.2 Å². The van der Waals surface area contributed by atoms with Gasteiger partial charge in [-0.05, 0) is 48.2 Å². The molecule has 0 fully saturated rings. The quantitative estimate of drug-likeness (QED) is 0.908. The van der Waals surface area contributed by atoms with Gasteiger partial charge in [0.05, 0.1) is 21.3 Å². The number of nitrogens with one attached hydrogen (secondary N) is 1. The molecule has 1 aliphatic carbocycles. The number of benzene rings is 2. The van der Waals surface area contributed by atoms with Crippen LogP contribution in [0.25, 0.3) is 11.1 Å². The largest absolute Gasteiger partial charge is 0.504 e. The van der Waals surface area contributed by atoms with Crippen molar-refractivity contribution >= 4 is 0 Å². The molecule has 4 rings (SSSR count). The summed E-state index contributed by atoms with van der Waals surface area (Å²) in [5.74, 6) is 1.98. The molecule has 5 heteroatoms. The first kappa shape index (κ1) is 15.1. The topological polar surface area (TPSA) is 60.0 Å². The third-order valence-electron chi connectivity index (χ3n) is 5.05. The van der Waals surface area contributed by atoms with Crippen molar-refractivity contribution in [3.05, 3.63) is 34.9 Å². The molecule has 0 radical (unpaired) electrons. The minimum absolute atomic E-state index is 0.164. The van der Waals surface area contributed by atoms with Crippen LogP contribution in [0.3, 0.4) is 0 Å². The number of fused-ring (bicyclic) bond motifs is 2. The summed E-state index contributed by atoms with van der Waals surface area (Å²) in [5, 5.41) is 14.4. The third-order valence-corrected chi connectivity index (χ3v) is 5.05. The number of hydrogen-bond acceptors (Lipinski definition) is 5. The second-order valence-electron chi connectivity index (χ2n) is 6.17. The first-order chi connectivity index (χ1) is 11.7. The van der Waals surface area contributed by atoms with Crippen molar-refractivity contribution in [2.75, 3.05) is 27.9 Å². The van der Waals surface area contributed by atoms with E-state index in [1.807, 2.05) is 12.1 Å². The number of hydrogen-bond donors (Lipinski definition) is 2. The van der Waals surface area contributed by atoms with Gasteiger partial charge in [-0.15, -0.1) is 0 Å². The Hall–Kier alpha value is -2.40. The Morgan fingerprint density at radius 2 is 1.79 bits per heavy atom. The molecule has 0 amide bonds. The molecule has 2 aliphatic rings. The highest BCUT2D eigenvalue weighted by Crippen LogP contribution is 2.54. The molecule has 24 heavy (non-hydrogen) atoms. The molecule has 1 heterocycles. The summed E-state index contributed by atoms with van der Waals surface area (Å²) >= 11 is 0. The van der Waals surface area contributed by atoms with Gasteiger partial charge >= 0.3 is 0 Å². The molecule has 0 saturated heterocycles. The average Bonchev–Trinajstić information content (AvgIpc) is 2.62. The molecule has 2 aromatic rings. The highest BCUT2D eigenvalue weighted by Gasteiger charge is 2.35. The Bertz CT molecular complexity index is 816. The maximum Gasteiger partial charge on any atom is 0.168 e. The van der Waals surface area contributed by atoms with Crippen LogP contribution < -0.4 is 19.5 Å². The standard InChI is InChI=1S/C19H21NO4/c1-22-13-5-4-10-8-12-15-11(6-7-20-12)9-14(23-2)18(21)17(15)16(10)19(13)24-3/h4-5,9,12,20-21H,6-8H2,1-3H3. The van der Waals surface area contributed by atoms with Crippen molar-refractivity contribution in [3.8, 4) is 34.1 Å². The first-order valence-corrected chi connectivity index (χ1v) is 8.10. The fourth-order valence-corrected chi connectivity index (χ4v) is 4.02. The Labute approximate surface area is 141 Å². The zero-order valence-corrected chi connectivity index (χ0v) is 14.1. The van der Waals surface area contributed by atoms with Gasteiger partial charge in [0.15, 0.2) is 23.0 Å². The smallest absolute Gasteiger partial charge is 0.168 e. The normalized spacial score (nSPS) is 17.7. The summed E-state index contributed by atoms with van der Waals surface area (Å²) in [6, 6.07) is 6.13. The molecule has 0 saturated carbocycles. The monoisotopic (exact) mass is 327 g/mol. The highest BCUT2D eigenvalue weighted by molar-refractivity contribution is 5.88. The summed E-state index contributed by atoms with van der Waals surface area (Å²) in [7, 11) is 4.84. The van der Waals surface area contributed by atoms with Gasteiger partial charge in [0, 0.05) is 17.2 Å². The van der Waals surface area contributed by atoms with Crippen LogP contribution in [0.15, 0.2) is 18.2 Å². The van der Waals surface area contributed by atoms with E-state index in [1.165, 1.54) is 5.56 Å². The number of rotatable bonds is 3. The summed E-state index contributed by atoms with van der Waals surface area (Å²) < 4.78 is 16.5. The van der Waals surface area contributed by atoms with Crippen LogP contribution in [0.1, 0.15) is 22.7 Å². The number of methoxy groups -OCH3 is 3. The van der Waals surface area contributed by atoms with E-state index in [-0.39, 0.29) is 11.8 Å². The number of phenolic OH excluding ortho intramolecular Hbond substituents is 1. The number of ether oxygens (including phenoxy) is 3. The van der Waals surface area contributed by atoms with Crippen LogP contribution in [0.2, 0.25) is 0 Å². The third kappa shape index (κ3) is 1.97.